The van der Waals surface area contributed by atoms with Crippen LogP contribution in [0.4, 0.5) is 0 Å². The van der Waals surface area contributed by atoms with E-state index in [2.05, 4.69) is 26.1 Å². The standard InChI is InChI=1S/C10H25N3/c1-10(2,3)13-8-9(12)6-4-5-7-11/h9,13H,4-8,11-12H2,1-3H3. The van der Waals surface area contributed by atoms with Crippen molar-refractivity contribution < 1.29 is 0 Å². The summed E-state index contributed by atoms with van der Waals surface area (Å²) in [5.74, 6) is 0. The molecule has 0 aliphatic rings. The van der Waals surface area contributed by atoms with Crippen molar-refractivity contribution in [2.45, 2.75) is 51.6 Å². The Balaban J connectivity index is 3.35. The van der Waals surface area contributed by atoms with E-state index in [0.29, 0.717) is 0 Å². The molecule has 0 aliphatic heterocycles. The molecule has 80 valence electrons. The molecule has 1 unspecified atom stereocenters. The molecule has 0 aromatic rings. The van der Waals surface area contributed by atoms with E-state index in [1.165, 1.54) is 0 Å². The minimum atomic E-state index is 0.172. The summed E-state index contributed by atoms with van der Waals surface area (Å²) in [7, 11) is 0. The summed E-state index contributed by atoms with van der Waals surface area (Å²) in [6.07, 6.45) is 3.30. The van der Waals surface area contributed by atoms with Crippen LogP contribution in [0.25, 0.3) is 0 Å². The number of nitrogens with one attached hydrogen (secondary N) is 1. The Morgan fingerprint density at radius 1 is 1.23 bits per heavy atom. The summed E-state index contributed by atoms with van der Waals surface area (Å²) < 4.78 is 0. The number of nitrogens with two attached hydrogens (primary N) is 2. The van der Waals surface area contributed by atoms with Gasteiger partial charge in [-0.25, -0.2) is 0 Å². The predicted molar refractivity (Wildman–Crippen MR) is 58.6 cm³/mol. The Morgan fingerprint density at radius 3 is 2.31 bits per heavy atom. The molecule has 0 saturated heterocycles. The number of hydrogen-bond acceptors (Lipinski definition) is 3. The quantitative estimate of drug-likeness (QED) is 0.540. The van der Waals surface area contributed by atoms with Crippen LogP contribution in [0.5, 0.6) is 0 Å². The summed E-state index contributed by atoms with van der Waals surface area (Å²) in [5, 5.41) is 3.39. The molecule has 3 nitrogen and oxygen atoms in total. The number of hydrogen-bond donors (Lipinski definition) is 3. The average Bonchev–Trinajstić information content (AvgIpc) is 2.00. The van der Waals surface area contributed by atoms with Gasteiger partial charge in [0.2, 0.25) is 0 Å². The van der Waals surface area contributed by atoms with Gasteiger partial charge >= 0.3 is 0 Å². The lowest BCUT2D eigenvalue weighted by Crippen LogP contribution is -2.43. The van der Waals surface area contributed by atoms with Crippen LogP contribution < -0.4 is 16.8 Å². The Labute approximate surface area is 82.3 Å². The van der Waals surface area contributed by atoms with Crippen molar-refractivity contribution in [3.63, 3.8) is 0 Å². The van der Waals surface area contributed by atoms with Crippen LogP contribution in [-0.2, 0) is 0 Å². The second kappa shape index (κ2) is 6.35. The molecule has 0 fully saturated rings. The highest BCUT2D eigenvalue weighted by Gasteiger charge is 2.10. The van der Waals surface area contributed by atoms with Crippen molar-refractivity contribution in [1.82, 2.24) is 5.32 Å². The molecular formula is C10H25N3. The molecule has 0 aliphatic carbocycles. The van der Waals surface area contributed by atoms with E-state index >= 15 is 0 Å². The first-order chi connectivity index (χ1) is 5.95. The third-order valence-electron chi connectivity index (χ3n) is 1.92. The van der Waals surface area contributed by atoms with Crippen molar-refractivity contribution >= 4 is 0 Å². The van der Waals surface area contributed by atoms with Gasteiger partial charge in [0.15, 0.2) is 0 Å². The molecule has 0 spiro atoms. The molecule has 0 heterocycles. The molecule has 0 bridgehead atoms. The third-order valence-corrected chi connectivity index (χ3v) is 1.92. The number of unbranched alkanes of at least 4 members (excludes halogenated alkanes) is 1. The van der Waals surface area contributed by atoms with Gasteiger partial charge in [0.25, 0.3) is 0 Å². The second-order valence-corrected chi connectivity index (χ2v) is 4.68. The van der Waals surface area contributed by atoms with E-state index in [9.17, 15) is 0 Å². The molecule has 3 heteroatoms. The van der Waals surface area contributed by atoms with Crippen molar-refractivity contribution in [3.8, 4) is 0 Å². The van der Waals surface area contributed by atoms with Gasteiger partial charge in [-0.1, -0.05) is 6.42 Å². The molecular weight excluding hydrogens is 162 g/mol. The van der Waals surface area contributed by atoms with Gasteiger partial charge in [-0.3, -0.25) is 0 Å². The zero-order chi connectivity index (χ0) is 10.3. The Morgan fingerprint density at radius 2 is 1.85 bits per heavy atom. The highest BCUT2D eigenvalue weighted by atomic mass is 15.0. The van der Waals surface area contributed by atoms with E-state index in [1.54, 1.807) is 0 Å². The van der Waals surface area contributed by atoms with E-state index in [4.69, 9.17) is 11.5 Å². The van der Waals surface area contributed by atoms with Gasteiger partial charge in [0.05, 0.1) is 0 Å². The van der Waals surface area contributed by atoms with Crippen molar-refractivity contribution in [3.05, 3.63) is 0 Å². The highest BCUT2D eigenvalue weighted by Crippen LogP contribution is 2.01. The van der Waals surface area contributed by atoms with Crippen LogP contribution in [0.15, 0.2) is 0 Å². The van der Waals surface area contributed by atoms with Gasteiger partial charge in [0, 0.05) is 18.1 Å². The SMILES string of the molecule is CC(C)(C)NCC(N)CCCCN. The molecule has 0 radical (unpaired) electrons. The smallest absolute Gasteiger partial charge is 0.0165 e. The summed E-state index contributed by atoms with van der Waals surface area (Å²) >= 11 is 0. The third kappa shape index (κ3) is 9.80. The zero-order valence-corrected chi connectivity index (χ0v) is 9.27. The minimum Gasteiger partial charge on any atom is -0.330 e. The summed E-state index contributed by atoms with van der Waals surface area (Å²) in [5.41, 5.74) is 11.5. The van der Waals surface area contributed by atoms with Crippen LogP contribution in [0, 0.1) is 0 Å². The van der Waals surface area contributed by atoms with Crippen LogP contribution in [0.2, 0.25) is 0 Å². The highest BCUT2D eigenvalue weighted by molar-refractivity contribution is 4.74. The maximum Gasteiger partial charge on any atom is 0.0165 e. The first-order valence-electron chi connectivity index (χ1n) is 5.16. The summed E-state index contributed by atoms with van der Waals surface area (Å²) in [4.78, 5) is 0. The zero-order valence-electron chi connectivity index (χ0n) is 9.27. The first-order valence-corrected chi connectivity index (χ1v) is 5.16. The fourth-order valence-corrected chi connectivity index (χ4v) is 1.09. The fraction of sp³-hybridized carbons (Fsp3) is 1.00. The van der Waals surface area contributed by atoms with E-state index < -0.39 is 0 Å². The molecule has 0 saturated carbocycles. The monoisotopic (exact) mass is 187 g/mol. The van der Waals surface area contributed by atoms with Gasteiger partial charge in [-0.15, -0.1) is 0 Å². The molecule has 0 aromatic heterocycles. The Bertz CT molecular complexity index is 118. The van der Waals surface area contributed by atoms with Gasteiger partial charge in [0.1, 0.15) is 0 Å². The lowest BCUT2D eigenvalue weighted by atomic mass is 10.1. The lowest BCUT2D eigenvalue weighted by molar-refractivity contribution is 0.394. The topological polar surface area (TPSA) is 64.1 Å². The molecule has 0 aromatic carbocycles. The molecule has 1 atom stereocenters. The van der Waals surface area contributed by atoms with E-state index in [0.717, 1.165) is 32.4 Å². The molecule has 0 amide bonds. The van der Waals surface area contributed by atoms with Crippen molar-refractivity contribution in [2.75, 3.05) is 13.1 Å². The van der Waals surface area contributed by atoms with Gasteiger partial charge in [-0.05, 0) is 40.2 Å². The average molecular weight is 187 g/mol. The maximum absolute atomic E-state index is 5.92. The fourth-order valence-electron chi connectivity index (χ4n) is 1.09. The summed E-state index contributed by atoms with van der Waals surface area (Å²) in [6.45, 7) is 8.13. The minimum absolute atomic E-state index is 0.172. The molecule has 0 rings (SSSR count). The largest absolute Gasteiger partial charge is 0.330 e. The number of rotatable bonds is 6. The van der Waals surface area contributed by atoms with Gasteiger partial charge < -0.3 is 16.8 Å². The predicted octanol–water partition coefficient (Wildman–Crippen LogP) is 0.831. The first kappa shape index (κ1) is 12.9. The van der Waals surface area contributed by atoms with Crippen LogP contribution >= 0.6 is 0 Å². The summed E-state index contributed by atoms with van der Waals surface area (Å²) in [6, 6.07) is 0.269. The van der Waals surface area contributed by atoms with E-state index in [1.807, 2.05) is 0 Å². The lowest BCUT2D eigenvalue weighted by Gasteiger charge is -2.23. The van der Waals surface area contributed by atoms with Gasteiger partial charge in [-0.2, -0.15) is 0 Å². The Kier molecular flexibility index (Phi) is 6.29. The Hall–Kier alpha value is -0.120. The normalized spacial score (nSPS) is 14.5. The van der Waals surface area contributed by atoms with Crippen LogP contribution in [-0.4, -0.2) is 24.7 Å². The van der Waals surface area contributed by atoms with E-state index in [-0.39, 0.29) is 11.6 Å². The van der Waals surface area contributed by atoms with Crippen molar-refractivity contribution in [1.29, 1.82) is 0 Å². The molecule has 13 heavy (non-hydrogen) atoms. The van der Waals surface area contributed by atoms with Crippen LogP contribution in [0.3, 0.4) is 0 Å². The van der Waals surface area contributed by atoms with Crippen molar-refractivity contribution in [2.24, 2.45) is 11.5 Å². The second-order valence-electron chi connectivity index (χ2n) is 4.68. The maximum atomic E-state index is 5.92. The molecule has 5 N–H and O–H groups in total. The van der Waals surface area contributed by atoms with Crippen LogP contribution in [0.1, 0.15) is 40.0 Å².